The number of nitro groups is 1. The number of H-pyrrole nitrogens is 1. The van der Waals surface area contributed by atoms with Gasteiger partial charge < -0.3 is 4.90 Å². The second-order valence-corrected chi connectivity index (χ2v) is 5.71. The minimum Gasteiger partial charge on any atom is -0.371 e. The van der Waals surface area contributed by atoms with Gasteiger partial charge in [0.15, 0.2) is 0 Å². The molecule has 1 N–H and O–H groups in total. The normalized spacial score (nSPS) is 11.0. The molecule has 2 aromatic carbocycles. The van der Waals surface area contributed by atoms with Crippen LogP contribution in [0, 0.1) is 21.4 Å². The molecule has 27 heavy (non-hydrogen) atoms. The molecular formula is C18H17N7O2. The molecule has 3 aromatic rings. The van der Waals surface area contributed by atoms with E-state index in [9.17, 15) is 10.1 Å². The van der Waals surface area contributed by atoms with Crippen LogP contribution >= 0.6 is 0 Å². The first-order valence-corrected chi connectivity index (χ1v) is 8.39. The summed E-state index contributed by atoms with van der Waals surface area (Å²) in [5.74, 6) is 0.294. The first-order chi connectivity index (χ1) is 13.1. The lowest BCUT2D eigenvalue weighted by atomic mass is 10.2. The van der Waals surface area contributed by atoms with Crippen molar-refractivity contribution in [2.75, 3.05) is 18.0 Å². The number of para-hydroxylation sites is 1. The van der Waals surface area contributed by atoms with Gasteiger partial charge in [-0.05, 0) is 37.3 Å². The van der Waals surface area contributed by atoms with E-state index in [1.54, 1.807) is 12.1 Å². The first kappa shape index (κ1) is 18.0. The Morgan fingerprint density at radius 3 is 2.70 bits per heavy atom. The molecule has 0 amide bonds. The van der Waals surface area contributed by atoms with E-state index in [-0.39, 0.29) is 5.69 Å². The van der Waals surface area contributed by atoms with Crippen LogP contribution in [0.3, 0.4) is 0 Å². The van der Waals surface area contributed by atoms with E-state index in [2.05, 4.69) is 31.4 Å². The van der Waals surface area contributed by atoms with Gasteiger partial charge in [0.05, 0.1) is 28.5 Å². The average Bonchev–Trinajstić information content (AvgIpc) is 3.11. The molecule has 1 heterocycles. The zero-order chi connectivity index (χ0) is 19.2. The molecule has 0 aliphatic heterocycles. The number of aromatic amines is 1. The van der Waals surface area contributed by atoms with Gasteiger partial charge in [-0.25, -0.2) is 0 Å². The summed E-state index contributed by atoms with van der Waals surface area (Å²) < 4.78 is 0. The Balaban J connectivity index is 1.81. The van der Waals surface area contributed by atoms with Crippen LogP contribution in [0.4, 0.5) is 22.9 Å². The molecule has 0 aliphatic rings. The van der Waals surface area contributed by atoms with Gasteiger partial charge in [-0.15, -0.1) is 10.2 Å². The van der Waals surface area contributed by atoms with Crippen molar-refractivity contribution in [2.45, 2.75) is 13.3 Å². The van der Waals surface area contributed by atoms with Crippen LogP contribution in [0.15, 0.2) is 52.7 Å². The summed E-state index contributed by atoms with van der Waals surface area (Å²) in [4.78, 5) is 12.7. The maximum Gasteiger partial charge on any atom is 0.294 e. The van der Waals surface area contributed by atoms with Crippen molar-refractivity contribution in [3.05, 3.63) is 52.6 Å². The van der Waals surface area contributed by atoms with E-state index in [1.807, 2.05) is 31.2 Å². The molecule has 0 fully saturated rings. The Morgan fingerprint density at radius 2 is 2.04 bits per heavy atom. The van der Waals surface area contributed by atoms with Crippen molar-refractivity contribution in [2.24, 2.45) is 10.2 Å². The summed E-state index contributed by atoms with van der Waals surface area (Å²) in [5.41, 5.74) is 1.91. The quantitative estimate of drug-likeness (QED) is 0.372. The summed E-state index contributed by atoms with van der Waals surface area (Å²) in [6.07, 6.45) is 0.466. The number of benzene rings is 2. The third kappa shape index (κ3) is 3.90. The zero-order valence-electron chi connectivity index (χ0n) is 14.7. The maximum absolute atomic E-state index is 11.1. The number of nitro benzene ring substituents is 1. The fourth-order valence-electron chi connectivity index (χ4n) is 2.73. The third-order valence-electron chi connectivity index (χ3n) is 4.10. The number of anilines is 1. The van der Waals surface area contributed by atoms with Crippen LogP contribution in [-0.2, 0) is 0 Å². The molecule has 0 saturated heterocycles. The highest BCUT2D eigenvalue weighted by Gasteiger charge is 2.16. The van der Waals surface area contributed by atoms with Gasteiger partial charge >= 0.3 is 0 Å². The predicted molar refractivity (Wildman–Crippen MR) is 101 cm³/mol. The molecule has 136 valence electrons. The van der Waals surface area contributed by atoms with Gasteiger partial charge in [-0.3, -0.25) is 15.2 Å². The van der Waals surface area contributed by atoms with E-state index < -0.39 is 4.92 Å². The Morgan fingerprint density at radius 1 is 1.26 bits per heavy atom. The van der Waals surface area contributed by atoms with E-state index >= 15 is 0 Å². The SMILES string of the molecule is CCN(CCC#N)c1ccc(N=Nc2n[nH]c3c([N+](=O)[O-])cccc23)cc1. The second kappa shape index (κ2) is 8.05. The summed E-state index contributed by atoms with van der Waals surface area (Å²) in [6.45, 7) is 3.51. The summed E-state index contributed by atoms with van der Waals surface area (Å²) in [7, 11) is 0. The average molecular weight is 363 g/mol. The Kier molecular flexibility index (Phi) is 5.37. The van der Waals surface area contributed by atoms with Crippen LogP contribution in [-0.4, -0.2) is 28.2 Å². The lowest BCUT2D eigenvalue weighted by Gasteiger charge is -2.21. The van der Waals surface area contributed by atoms with Crippen LogP contribution in [0.25, 0.3) is 10.9 Å². The number of azo groups is 1. The third-order valence-corrected chi connectivity index (χ3v) is 4.10. The number of fused-ring (bicyclic) bond motifs is 1. The largest absolute Gasteiger partial charge is 0.371 e. The molecule has 0 bridgehead atoms. The number of hydrogen-bond acceptors (Lipinski definition) is 7. The van der Waals surface area contributed by atoms with Crippen molar-refractivity contribution in [1.82, 2.24) is 10.2 Å². The molecule has 0 saturated carbocycles. The van der Waals surface area contributed by atoms with Gasteiger partial charge in [-0.1, -0.05) is 6.07 Å². The van der Waals surface area contributed by atoms with E-state index in [0.29, 0.717) is 35.4 Å². The number of non-ortho nitro benzene ring substituents is 1. The molecule has 0 unspecified atom stereocenters. The van der Waals surface area contributed by atoms with Crippen molar-refractivity contribution >= 4 is 33.8 Å². The molecule has 0 radical (unpaired) electrons. The van der Waals surface area contributed by atoms with Crippen molar-refractivity contribution < 1.29 is 4.92 Å². The molecular weight excluding hydrogens is 346 g/mol. The highest BCUT2D eigenvalue weighted by Crippen LogP contribution is 2.31. The van der Waals surface area contributed by atoms with Crippen LogP contribution in [0.5, 0.6) is 0 Å². The lowest BCUT2D eigenvalue weighted by molar-refractivity contribution is -0.383. The number of hydrogen-bond donors (Lipinski definition) is 1. The molecule has 0 spiro atoms. The van der Waals surface area contributed by atoms with E-state index in [4.69, 9.17) is 5.26 Å². The summed E-state index contributed by atoms with van der Waals surface area (Å²) >= 11 is 0. The molecule has 0 atom stereocenters. The zero-order valence-corrected chi connectivity index (χ0v) is 14.7. The molecule has 0 aliphatic carbocycles. The minimum absolute atomic E-state index is 0.0529. The van der Waals surface area contributed by atoms with Gasteiger partial charge in [-0.2, -0.15) is 10.4 Å². The highest BCUT2D eigenvalue weighted by molar-refractivity contribution is 5.94. The van der Waals surface area contributed by atoms with Crippen molar-refractivity contribution in [3.63, 3.8) is 0 Å². The fourth-order valence-corrected chi connectivity index (χ4v) is 2.73. The van der Waals surface area contributed by atoms with Gasteiger partial charge in [0, 0.05) is 24.8 Å². The monoisotopic (exact) mass is 363 g/mol. The topological polar surface area (TPSA) is 124 Å². The summed E-state index contributed by atoms with van der Waals surface area (Å²) in [5, 5.41) is 35.3. The van der Waals surface area contributed by atoms with Crippen molar-refractivity contribution in [3.8, 4) is 6.07 Å². The molecule has 9 nitrogen and oxygen atoms in total. The van der Waals surface area contributed by atoms with Crippen LogP contribution < -0.4 is 4.90 Å². The lowest BCUT2D eigenvalue weighted by Crippen LogP contribution is -2.23. The number of aromatic nitrogens is 2. The Bertz CT molecular complexity index is 1020. The van der Waals surface area contributed by atoms with E-state index in [1.165, 1.54) is 6.07 Å². The van der Waals surface area contributed by atoms with Crippen LogP contribution in [0.2, 0.25) is 0 Å². The number of nitriles is 1. The van der Waals surface area contributed by atoms with Gasteiger partial charge in [0.1, 0.15) is 5.52 Å². The minimum atomic E-state index is -0.466. The van der Waals surface area contributed by atoms with E-state index in [0.717, 1.165) is 12.2 Å². The van der Waals surface area contributed by atoms with Crippen molar-refractivity contribution in [1.29, 1.82) is 5.26 Å². The smallest absolute Gasteiger partial charge is 0.294 e. The fraction of sp³-hybridized carbons (Fsp3) is 0.222. The Hall–Kier alpha value is -3.80. The molecule has 9 heteroatoms. The maximum atomic E-state index is 11.1. The number of nitrogens with one attached hydrogen (secondary N) is 1. The van der Waals surface area contributed by atoms with Gasteiger partial charge in [0.2, 0.25) is 5.82 Å². The van der Waals surface area contributed by atoms with Gasteiger partial charge in [0.25, 0.3) is 5.69 Å². The number of rotatable bonds is 7. The first-order valence-electron chi connectivity index (χ1n) is 8.39. The second-order valence-electron chi connectivity index (χ2n) is 5.71. The highest BCUT2D eigenvalue weighted by atomic mass is 16.6. The van der Waals surface area contributed by atoms with Crippen LogP contribution in [0.1, 0.15) is 13.3 Å². The molecule has 3 rings (SSSR count). The molecule has 1 aromatic heterocycles. The summed E-state index contributed by atoms with van der Waals surface area (Å²) in [6, 6.07) is 14.3. The standard InChI is InChI=1S/C18H17N7O2/c1-2-24(12-4-11-19)14-9-7-13(8-10-14)20-22-18-15-5-3-6-16(25(26)27)17(15)21-23-18/h3,5-10H,2,4,12H2,1H3,(H,21,23). The predicted octanol–water partition coefficient (Wildman–Crippen LogP) is 4.63. The number of nitrogens with zero attached hydrogens (tertiary/aromatic N) is 6. The Labute approximate surface area is 155 Å².